The van der Waals surface area contributed by atoms with Crippen molar-refractivity contribution in [3.05, 3.63) is 71.8 Å². The van der Waals surface area contributed by atoms with Gasteiger partial charge in [0.05, 0.1) is 26.0 Å². The Kier molecular flexibility index (Phi) is 5.45. The van der Waals surface area contributed by atoms with Crippen LogP contribution in [0.15, 0.2) is 60.7 Å². The standard InChI is InChI=1S/C23H21NO4S/c1-27-17-10-8-16-9-11-20(28-2)19(18(16)12-17)13-21-22(25)24(23(26)29-21)14-15-6-4-3-5-7-15/h3-12,21H,13-14H2,1-2H3/t21-/m0/s1. The molecule has 0 radical (unpaired) electrons. The molecule has 0 unspecified atom stereocenters. The quantitative estimate of drug-likeness (QED) is 0.595. The number of methoxy groups -OCH3 is 2. The van der Waals surface area contributed by atoms with Crippen LogP contribution in [0.1, 0.15) is 11.1 Å². The van der Waals surface area contributed by atoms with Crippen LogP contribution in [0, 0.1) is 0 Å². The van der Waals surface area contributed by atoms with Crippen LogP contribution < -0.4 is 9.47 Å². The molecular weight excluding hydrogens is 386 g/mol. The highest BCUT2D eigenvalue weighted by Crippen LogP contribution is 2.37. The van der Waals surface area contributed by atoms with Crippen LogP contribution in [-0.2, 0) is 17.8 Å². The Hall–Kier alpha value is -2.99. The SMILES string of the molecule is COc1ccc2ccc(OC)c(C[C@@H]3SC(=O)N(Cc4ccccc4)C3=O)c2c1. The molecule has 0 N–H and O–H groups in total. The van der Waals surface area contributed by atoms with Crippen LogP contribution >= 0.6 is 11.8 Å². The summed E-state index contributed by atoms with van der Waals surface area (Å²) in [4.78, 5) is 26.9. The fourth-order valence-corrected chi connectivity index (χ4v) is 4.60. The zero-order chi connectivity index (χ0) is 20.4. The zero-order valence-electron chi connectivity index (χ0n) is 16.3. The minimum Gasteiger partial charge on any atom is -0.497 e. The monoisotopic (exact) mass is 407 g/mol. The molecule has 6 heteroatoms. The van der Waals surface area contributed by atoms with Gasteiger partial charge < -0.3 is 9.47 Å². The van der Waals surface area contributed by atoms with Gasteiger partial charge in [0.2, 0.25) is 5.91 Å². The van der Waals surface area contributed by atoms with E-state index in [1.807, 2.05) is 60.7 Å². The van der Waals surface area contributed by atoms with Crippen LogP contribution in [0.5, 0.6) is 11.5 Å². The molecule has 1 atom stereocenters. The summed E-state index contributed by atoms with van der Waals surface area (Å²) < 4.78 is 10.9. The van der Waals surface area contributed by atoms with Crippen molar-refractivity contribution >= 4 is 33.7 Å². The largest absolute Gasteiger partial charge is 0.497 e. The zero-order valence-corrected chi connectivity index (χ0v) is 17.1. The molecule has 1 heterocycles. The van der Waals surface area contributed by atoms with Gasteiger partial charge in [-0.2, -0.15) is 0 Å². The molecule has 1 aliphatic rings. The summed E-state index contributed by atoms with van der Waals surface area (Å²) in [7, 11) is 3.23. The highest BCUT2D eigenvalue weighted by molar-refractivity contribution is 8.15. The van der Waals surface area contributed by atoms with Gasteiger partial charge in [0.15, 0.2) is 0 Å². The van der Waals surface area contributed by atoms with E-state index in [1.54, 1.807) is 14.2 Å². The Morgan fingerprint density at radius 1 is 0.966 bits per heavy atom. The molecule has 2 amide bonds. The van der Waals surface area contributed by atoms with Crippen molar-refractivity contribution in [2.75, 3.05) is 14.2 Å². The maximum atomic E-state index is 13.0. The van der Waals surface area contributed by atoms with Crippen LogP contribution in [0.4, 0.5) is 4.79 Å². The predicted octanol–water partition coefficient (Wildman–Crippen LogP) is 4.66. The van der Waals surface area contributed by atoms with E-state index in [9.17, 15) is 9.59 Å². The number of rotatable bonds is 6. The second-order valence-electron chi connectivity index (χ2n) is 6.82. The molecule has 4 rings (SSSR count). The third-order valence-corrected chi connectivity index (χ3v) is 6.17. The lowest BCUT2D eigenvalue weighted by atomic mass is 9.98. The molecule has 1 saturated heterocycles. The van der Waals surface area contributed by atoms with Gasteiger partial charge >= 0.3 is 0 Å². The number of imide groups is 1. The topological polar surface area (TPSA) is 55.8 Å². The van der Waals surface area contributed by atoms with Crippen LogP contribution in [-0.4, -0.2) is 35.5 Å². The van der Waals surface area contributed by atoms with Crippen molar-refractivity contribution in [1.82, 2.24) is 4.90 Å². The number of amides is 2. The van der Waals surface area contributed by atoms with E-state index in [0.717, 1.165) is 39.4 Å². The van der Waals surface area contributed by atoms with Crippen molar-refractivity contribution < 1.29 is 19.1 Å². The van der Waals surface area contributed by atoms with Gasteiger partial charge in [0, 0.05) is 5.56 Å². The van der Waals surface area contributed by atoms with Crippen LogP contribution in [0.25, 0.3) is 10.8 Å². The molecule has 3 aromatic rings. The highest BCUT2D eigenvalue weighted by atomic mass is 32.2. The number of carbonyl (C=O) groups is 2. The van der Waals surface area contributed by atoms with Crippen molar-refractivity contribution in [1.29, 1.82) is 0 Å². The first-order chi connectivity index (χ1) is 14.1. The first-order valence-electron chi connectivity index (χ1n) is 9.30. The fourth-order valence-electron chi connectivity index (χ4n) is 3.59. The van der Waals surface area contributed by atoms with Gasteiger partial charge in [0.25, 0.3) is 5.24 Å². The second-order valence-corrected chi connectivity index (χ2v) is 7.97. The van der Waals surface area contributed by atoms with Gasteiger partial charge in [-0.3, -0.25) is 14.5 Å². The molecule has 5 nitrogen and oxygen atoms in total. The average molecular weight is 407 g/mol. The lowest BCUT2D eigenvalue weighted by Gasteiger charge is -2.16. The predicted molar refractivity (Wildman–Crippen MR) is 115 cm³/mol. The fraction of sp³-hybridized carbons (Fsp3) is 0.217. The highest BCUT2D eigenvalue weighted by Gasteiger charge is 2.40. The lowest BCUT2D eigenvalue weighted by molar-refractivity contribution is -0.127. The van der Waals surface area contributed by atoms with Crippen molar-refractivity contribution in [2.24, 2.45) is 0 Å². The first kappa shape index (κ1) is 19.3. The van der Waals surface area contributed by atoms with E-state index in [0.29, 0.717) is 18.7 Å². The van der Waals surface area contributed by atoms with E-state index < -0.39 is 5.25 Å². The Balaban J connectivity index is 1.64. The summed E-state index contributed by atoms with van der Waals surface area (Å²) in [6, 6.07) is 19.3. The van der Waals surface area contributed by atoms with Gasteiger partial charge in [-0.05, 0) is 41.0 Å². The van der Waals surface area contributed by atoms with Gasteiger partial charge in [-0.1, -0.05) is 54.2 Å². The summed E-state index contributed by atoms with van der Waals surface area (Å²) in [5.41, 5.74) is 1.84. The molecule has 1 fully saturated rings. The number of carbonyl (C=O) groups excluding carboxylic acids is 2. The maximum Gasteiger partial charge on any atom is 0.289 e. The first-order valence-corrected chi connectivity index (χ1v) is 10.2. The molecule has 29 heavy (non-hydrogen) atoms. The number of hydrogen-bond acceptors (Lipinski definition) is 5. The number of thioether (sulfide) groups is 1. The van der Waals surface area contributed by atoms with Gasteiger partial charge in [-0.15, -0.1) is 0 Å². The Morgan fingerprint density at radius 3 is 2.45 bits per heavy atom. The Morgan fingerprint density at radius 2 is 1.72 bits per heavy atom. The van der Waals surface area contributed by atoms with Crippen molar-refractivity contribution in [3.8, 4) is 11.5 Å². The average Bonchev–Trinajstić information content (AvgIpc) is 3.01. The summed E-state index contributed by atoms with van der Waals surface area (Å²) in [6.07, 6.45) is 0.411. The summed E-state index contributed by atoms with van der Waals surface area (Å²) in [6.45, 7) is 0.294. The maximum absolute atomic E-state index is 13.0. The molecule has 1 aliphatic heterocycles. The summed E-state index contributed by atoms with van der Waals surface area (Å²) in [5, 5.41) is 1.31. The number of benzene rings is 3. The molecule has 3 aromatic carbocycles. The van der Waals surface area contributed by atoms with Crippen LogP contribution in [0.3, 0.4) is 0 Å². The second kappa shape index (κ2) is 8.17. The minimum atomic E-state index is -0.475. The van der Waals surface area contributed by atoms with E-state index in [1.165, 1.54) is 4.90 Å². The molecule has 0 bridgehead atoms. The number of nitrogens with zero attached hydrogens (tertiary/aromatic N) is 1. The number of fused-ring (bicyclic) bond motifs is 1. The Bertz CT molecular complexity index is 1060. The van der Waals surface area contributed by atoms with E-state index in [-0.39, 0.29) is 11.1 Å². The summed E-state index contributed by atoms with van der Waals surface area (Å²) in [5.74, 6) is 1.28. The smallest absolute Gasteiger partial charge is 0.289 e. The van der Waals surface area contributed by atoms with Crippen molar-refractivity contribution in [2.45, 2.75) is 18.2 Å². The van der Waals surface area contributed by atoms with E-state index in [4.69, 9.17) is 9.47 Å². The molecular formula is C23H21NO4S. The van der Waals surface area contributed by atoms with Crippen molar-refractivity contribution in [3.63, 3.8) is 0 Å². The number of ether oxygens (including phenoxy) is 2. The molecule has 0 aromatic heterocycles. The molecule has 0 aliphatic carbocycles. The van der Waals surface area contributed by atoms with Gasteiger partial charge in [0.1, 0.15) is 11.5 Å². The molecule has 0 spiro atoms. The lowest BCUT2D eigenvalue weighted by Crippen LogP contribution is -2.31. The Labute approximate surface area is 173 Å². The van der Waals surface area contributed by atoms with E-state index in [2.05, 4.69) is 0 Å². The molecule has 148 valence electrons. The minimum absolute atomic E-state index is 0.161. The number of hydrogen-bond donors (Lipinski definition) is 0. The van der Waals surface area contributed by atoms with E-state index >= 15 is 0 Å². The van der Waals surface area contributed by atoms with Crippen LogP contribution in [0.2, 0.25) is 0 Å². The summed E-state index contributed by atoms with van der Waals surface area (Å²) >= 11 is 1.08. The third-order valence-electron chi connectivity index (χ3n) is 5.10. The normalized spacial score (nSPS) is 16.5. The third kappa shape index (κ3) is 3.80. The van der Waals surface area contributed by atoms with Gasteiger partial charge in [-0.25, -0.2) is 0 Å². The molecule has 0 saturated carbocycles.